The molecule has 0 radical (unpaired) electrons. The summed E-state index contributed by atoms with van der Waals surface area (Å²) in [4.78, 5) is 5.47. The van der Waals surface area contributed by atoms with Gasteiger partial charge in [-0.05, 0) is 42.8 Å². The van der Waals surface area contributed by atoms with Crippen LogP contribution in [0.2, 0.25) is 0 Å². The van der Waals surface area contributed by atoms with Crippen LogP contribution in [0.4, 0.5) is 0 Å². The summed E-state index contributed by atoms with van der Waals surface area (Å²) in [5.41, 5.74) is 3.96. The normalized spacial score (nSPS) is 13.4. The van der Waals surface area contributed by atoms with Crippen LogP contribution in [-0.4, -0.2) is 24.2 Å². The van der Waals surface area contributed by atoms with Crippen LogP contribution >= 0.6 is 27.3 Å². The summed E-state index contributed by atoms with van der Waals surface area (Å²) in [5.74, 6) is 1.49. The molecule has 0 saturated heterocycles. The van der Waals surface area contributed by atoms with Crippen molar-refractivity contribution in [3.63, 3.8) is 0 Å². The fraction of sp³-hybridized carbons (Fsp3) is 0.143. The summed E-state index contributed by atoms with van der Waals surface area (Å²) < 4.78 is 13.7. The lowest BCUT2D eigenvalue weighted by Crippen LogP contribution is -2.13. The van der Waals surface area contributed by atoms with Crippen LogP contribution in [-0.2, 0) is 0 Å². The molecule has 7 heteroatoms. The van der Waals surface area contributed by atoms with E-state index in [9.17, 15) is 0 Å². The van der Waals surface area contributed by atoms with E-state index in [-0.39, 0.29) is 6.79 Å². The lowest BCUT2D eigenvalue weighted by molar-refractivity contribution is 0.174. The molecule has 0 bridgehead atoms. The highest BCUT2D eigenvalue weighted by molar-refractivity contribution is 9.10. The number of thiazole rings is 1. The molecule has 0 amide bonds. The molecule has 2 heterocycles. The van der Waals surface area contributed by atoms with Gasteiger partial charge in [0.1, 0.15) is 0 Å². The van der Waals surface area contributed by atoms with Gasteiger partial charge in [-0.1, -0.05) is 40.2 Å². The Balaban J connectivity index is 1.76. The summed E-state index contributed by atoms with van der Waals surface area (Å²) >= 11 is 5.10. The quantitative estimate of drug-likeness (QED) is 0.398. The Morgan fingerprint density at radius 1 is 1.25 bits per heavy atom. The first-order chi connectivity index (χ1) is 13.6. The highest BCUT2D eigenvalue weighted by Crippen LogP contribution is 2.32. The maximum atomic E-state index is 5.45. The van der Waals surface area contributed by atoms with Crippen LogP contribution in [0.25, 0.3) is 11.3 Å². The molecule has 0 atom stereocenters. The van der Waals surface area contributed by atoms with E-state index in [1.807, 2.05) is 41.9 Å². The van der Waals surface area contributed by atoms with E-state index >= 15 is 0 Å². The predicted molar refractivity (Wildman–Crippen MR) is 116 cm³/mol. The molecule has 0 saturated carbocycles. The van der Waals surface area contributed by atoms with E-state index in [2.05, 4.69) is 45.0 Å². The van der Waals surface area contributed by atoms with Crippen molar-refractivity contribution in [1.82, 2.24) is 4.68 Å². The molecular formula is C21H18BrN3O2S. The monoisotopic (exact) mass is 455 g/mol. The van der Waals surface area contributed by atoms with E-state index < -0.39 is 0 Å². The van der Waals surface area contributed by atoms with Crippen LogP contribution in [0.1, 0.15) is 12.5 Å². The molecule has 1 aliphatic rings. The van der Waals surface area contributed by atoms with Crippen LogP contribution in [0.15, 0.2) is 74.6 Å². The van der Waals surface area contributed by atoms with E-state index in [0.29, 0.717) is 6.54 Å². The van der Waals surface area contributed by atoms with Gasteiger partial charge in [0.25, 0.3) is 0 Å². The number of halogens is 1. The first kappa shape index (κ1) is 18.7. The van der Waals surface area contributed by atoms with Gasteiger partial charge in [-0.3, -0.25) is 4.99 Å². The van der Waals surface area contributed by atoms with Gasteiger partial charge in [0.2, 0.25) is 11.6 Å². The second-order valence-electron chi connectivity index (χ2n) is 6.36. The minimum absolute atomic E-state index is 0.256. The van der Waals surface area contributed by atoms with Gasteiger partial charge in [-0.2, -0.15) is 5.10 Å². The van der Waals surface area contributed by atoms with Crippen molar-refractivity contribution in [3.8, 4) is 22.8 Å². The second-order valence-corrected chi connectivity index (χ2v) is 8.11. The van der Waals surface area contributed by atoms with Crippen molar-refractivity contribution in [2.24, 2.45) is 10.1 Å². The average Bonchev–Trinajstić information content (AvgIpc) is 3.30. The fourth-order valence-electron chi connectivity index (χ4n) is 2.69. The van der Waals surface area contributed by atoms with Crippen molar-refractivity contribution in [1.29, 1.82) is 0 Å². The third kappa shape index (κ3) is 4.10. The summed E-state index contributed by atoms with van der Waals surface area (Å²) in [6.45, 7) is 6.72. The van der Waals surface area contributed by atoms with E-state index in [1.165, 1.54) is 0 Å². The van der Waals surface area contributed by atoms with Gasteiger partial charge >= 0.3 is 0 Å². The molecule has 0 spiro atoms. The second kappa shape index (κ2) is 8.16. The SMILES string of the molecule is C=C(C)CN=c1scc(-c2cccc(Br)c2)n1N=Cc1ccc2c(c1)OCO2. The van der Waals surface area contributed by atoms with E-state index in [1.54, 1.807) is 17.6 Å². The Labute approximate surface area is 175 Å². The third-order valence-corrected chi connectivity index (χ3v) is 5.36. The van der Waals surface area contributed by atoms with E-state index in [4.69, 9.17) is 14.6 Å². The smallest absolute Gasteiger partial charge is 0.231 e. The van der Waals surface area contributed by atoms with Gasteiger partial charge in [0.15, 0.2) is 11.5 Å². The van der Waals surface area contributed by atoms with Crippen LogP contribution in [0.3, 0.4) is 0 Å². The Hall–Kier alpha value is -2.64. The zero-order valence-electron chi connectivity index (χ0n) is 15.3. The number of benzene rings is 2. The Morgan fingerprint density at radius 3 is 2.93 bits per heavy atom. The first-order valence-corrected chi connectivity index (χ1v) is 10.3. The number of nitrogens with zero attached hydrogens (tertiary/aromatic N) is 3. The molecule has 1 aromatic heterocycles. The molecule has 4 rings (SSSR count). The highest BCUT2D eigenvalue weighted by Gasteiger charge is 2.13. The molecule has 3 aromatic rings. The fourth-order valence-corrected chi connectivity index (χ4v) is 3.92. The van der Waals surface area contributed by atoms with Crippen LogP contribution in [0.5, 0.6) is 11.5 Å². The molecule has 0 N–H and O–H groups in total. The van der Waals surface area contributed by atoms with Crippen molar-refractivity contribution < 1.29 is 9.47 Å². The summed E-state index contributed by atoms with van der Waals surface area (Å²) in [7, 11) is 0. The lowest BCUT2D eigenvalue weighted by atomic mass is 10.2. The van der Waals surface area contributed by atoms with Crippen LogP contribution < -0.4 is 14.3 Å². The highest BCUT2D eigenvalue weighted by atomic mass is 79.9. The zero-order chi connectivity index (χ0) is 19.5. The van der Waals surface area contributed by atoms with Crippen molar-refractivity contribution in [3.05, 3.63) is 74.8 Å². The average molecular weight is 456 g/mol. The molecular weight excluding hydrogens is 438 g/mol. The van der Waals surface area contributed by atoms with Gasteiger partial charge in [-0.15, -0.1) is 11.3 Å². The molecule has 28 heavy (non-hydrogen) atoms. The maximum Gasteiger partial charge on any atom is 0.231 e. The predicted octanol–water partition coefficient (Wildman–Crippen LogP) is 5.07. The van der Waals surface area contributed by atoms with Gasteiger partial charge in [-0.25, -0.2) is 4.68 Å². The summed E-state index contributed by atoms with van der Waals surface area (Å²) in [5, 5.41) is 6.78. The molecule has 0 unspecified atom stereocenters. The Kier molecular flexibility index (Phi) is 5.45. The van der Waals surface area contributed by atoms with Crippen molar-refractivity contribution >= 4 is 33.5 Å². The number of fused-ring (bicyclic) bond motifs is 1. The number of hydrogen-bond donors (Lipinski definition) is 0. The molecule has 0 aliphatic carbocycles. The maximum absolute atomic E-state index is 5.45. The lowest BCUT2D eigenvalue weighted by Gasteiger charge is -2.04. The van der Waals surface area contributed by atoms with Crippen molar-refractivity contribution in [2.75, 3.05) is 13.3 Å². The topological polar surface area (TPSA) is 48.1 Å². The summed E-state index contributed by atoms with van der Waals surface area (Å²) in [6.07, 6.45) is 1.80. The molecule has 0 fully saturated rings. The molecule has 5 nitrogen and oxygen atoms in total. The minimum Gasteiger partial charge on any atom is -0.454 e. The molecule has 2 aromatic carbocycles. The largest absolute Gasteiger partial charge is 0.454 e. The van der Waals surface area contributed by atoms with Crippen LogP contribution in [0, 0.1) is 0 Å². The number of hydrogen-bond acceptors (Lipinski definition) is 5. The zero-order valence-corrected chi connectivity index (χ0v) is 17.7. The minimum atomic E-state index is 0.256. The van der Waals surface area contributed by atoms with Crippen molar-refractivity contribution in [2.45, 2.75) is 6.92 Å². The number of aromatic nitrogens is 1. The third-order valence-electron chi connectivity index (χ3n) is 4.01. The number of ether oxygens (including phenoxy) is 2. The molecule has 142 valence electrons. The van der Waals surface area contributed by atoms with Gasteiger partial charge < -0.3 is 9.47 Å². The Bertz CT molecular complexity index is 1130. The van der Waals surface area contributed by atoms with E-state index in [0.717, 1.165) is 43.2 Å². The molecule has 1 aliphatic heterocycles. The Morgan fingerprint density at radius 2 is 2.11 bits per heavy atom. The number of rotatable bonds is 5. The van der Waals surface area contributed by atoms with Gasteiger partial charge in [0.05, 0.1) is 18.5 Å². The first-order valence-electron chi connectivity index (χ1n) is 8.65. The van der Waals surface area contributed by atoms with Gasteiger partial charge in [0, 0.05) is 15.4 Å². The summed E-state index contributed by atoms with van der Waals surface area (Å²) in [6, 6.07) is 13.9. The standard InChI is InChI=1S/C21H18BrN3O2S/c1-14(2)10-23-21-25(18(12-28-21)16-4-3-5-17(22)9-16)24-11-15-6-7-19-20(8-15)27-13-26-19/h3-9,11-12H,1,10,13H2,2H3.